The van der Waals surface area contributed by atoms with E-state index in [2.05, 4.69) is 0 Å². The van der Waals surface area contributed by atoms with Crippen molar-refractivity contribution >= 4 is 17.4 Å². The van der Waals surface area contributed by atoms with E-state index < -0.39 is 17.7 Å². The van der Waals surface area contributed by atoms with Gasteiger partial charge in [-0.1, -0.05) is 61.4 Å². The summed E-state index contributed by atoms with van der Waals surface area (Å²) in [5, 5.41) is 10.5. The first-order valence-electron chi connectivity index (χ1n) is 8.75. The minimum atomic E-state index is -0.625. The maximum atomic E-state index is 12.9. The van der Waals surface area contributed by atoms with Crippen LogP contribution in [-0.2, 0) is 9.59 Å². The summed E-state index contributed by atoms with van der Waals surface area (Å²) >= 11 is 0. The molecule has 2 aromatic rings. The number of aliphatic hydroxyl groups is 1. The van der Waals surface area contributed by atoms with Crippen LogP contribution in [0.5, 0.6) is 0 Å². The Labute approximate surface area is 153 Å². The molecular formula is C22H23NO3. The number of rotatable bonds is 4. The third kappa shape index (κ3) is 3.03. The number of ketones is 1. The summed E-state index contributed by atoms with van der Waals surface area (Å²) < 4.78 is 0. The standard InChI is InChI=1S/C22H23NO3/c1-13(2)20(24)18-19(16-7-5-6-15(4)12-16)23(22(26)21(18)25)17-10-8-14(3)9-11-17/h5-13,19,25H,1-4H3. The number of carbonyl (C=O) groups is 2. The van der Waals surface area contributed by atoms with E-state index in [1.807, 2.05) is 62.4 Å². The van der Waals surface area contributed by atoms with Gasteiger partial charge in [-0.2, -0.15) is 0 Å². The summed E-state index contributed by atoms with van der Waals surface area (Å²) in [4.78, 5) is 27.2. The molecule has 0 radical (unpaired) electrons. The lowest BCUT2D eigenvalue weighted by molar-refractivity contribution is -0.119. The van der Waals surface area contributed by atoms with E-state index >= 15 is 0 Å². The quantitative estimate of drug-likeness (QED) is 0.888. The second kappa shape index (κ2) is 6.79. The summed E-state index contributed by atoms with van der Waals surface area (Å²) in [6, 6.07) is 14.6. The van der Waals surface area contributed by atoms with Crippen LogP contribution in [0.3, 0.4) is 0 Å². The fourth-order valence-corrected chi connectivity index (χ4v) is 3.30. The Bertz CT molecular complexity index is 894. The highest BCUT2D eigenvalue weighted by Crippen LogP contribution is 2.41. The molecule has 1 amide bonds. The van der Waals surface area contributed by atoms with Crippen LogP contribution in [0.15, 0.2) is 59.9 Å². The average Bonchev–Trinajstić information content (AvgIpc) is 2.86. The van der Waals surface area contributed by atoms with Gasteiger partial charge in [-0.15, -0.1) is 0 Å². The Balaban J connectivity index is 2.19. The largest absolute Gasteiger partial charge is 0.503 e. The first-order valence-corrected chi connectivity index (χ1v) is 8.75. The predicted molar refractivity (Wildman–Crippen MR) is 102 cm³/mol. The predicted octanol–water partition coefficient (Wildman–Crippen LogP) is 4.43. The molecule has 26 heavy (non-hydrogen) atoms. The van der Waals surface area contributed by atoms with Crippen LogP contribution >= 0.6 is 0 Å². The lowest BCUT2D eigenvalue weighted by Crippen LogP contribution is -2.31. The number of anilines is 1. The number of amides is 1. The van der Waals surface area contributed by atoms with Crippen LogP contribution in [0.1, 0.15) is 36.6 Å². The number of Topliss-reactive ketones (excluding diaryl/α,β-unsaturated/α-hetero) is 1. The third-order valence-electron chi connectivity index (χ3n) is 4.67. The molecule has 4 heteroatoms. The van der Waals surface area contributed by atoms with Crippen LogP contribution in [0, 0.1) is 19.8 Å². The molecule has 0 spiro atoms. The van der Waals surface area contributed by atoms with Gasteiger partial charge in [0.15, 0.2) is 11.5 Å². The molecular weight excluding hydrogens is 326 g/mol. The molecule has 0 aliphatic carbocycles. The van der Waals surface area contributed by atoms with Crippen molar-refractivity contribution in [2.75, 3.05) is 4.90 Å². The van der Waals surface area contributed by atoms with E-state index in [1.54, 1.807) is 13.8 Å². The molecule has 1 N–H and O–H groups in total. The van der Waals surface area contributed by atoms with E-state index in [-0.39, 0.29) is 17.3 Å². The molecule has 134 valence electrons. The zero-order valence-corrected chi connectivity index (χ0v) is 15.5. The monoisotopic (exact) mass is 349 g/mol. The molecule has 1 unspecified atom stereocenters. The van der Waals surface area contributed by atoms with E-state index in [1.165, 1.54) is 4.90 Å². The topological polar surface area (TPSA) is 57.6 Å². The minimum absolute atomic E-state index is 0.177. The second-order valence-electron chi connectivity index (χ2n) is 7.11. The normalized spacial score (nSPS) is 17.3. The zero-order chi connectivity index (χ0) is 19.0. The molecule has 4 nitrogen and oxygen atoms in total. The number of benzene rings is 2. The van der Waals surface area contributed by atoms with Gasteiger partial charge < -0.3 is 5.11 Å². The van der Waals surface area contributed by atoms with Gasteiger partial charge in [0.05, 0.1) is 11.6 Å². The van der Waals surface area contributed by atoms with Crippen molar-refractivity contribution in [3.63, 3.8) is 0 Å². The molecule has 1 heterocycles. The van der Waals surface area contributed by atoms with Crippen molar-refractivity contribution in [1.29, 1.82) is 0 Å². The molecule has 1 aliphatic heterocycles. The minimum Gasteiger partial charge on any atom is -0.503 e. The Morgan fingerprint density at radius 3 is 2.27 bits per heavy atom. The zero-order valence-electron chi connectivity index (χ0n) is 15.5. The van der Waals surface area contributed by atoms with Crippen molar-refractivity contribution in [3.05, 3.63) is 76.6 Å². The molecule has 0 aromatic heterocycles. The molecule has 2 aromatic carbocycles. The first kappa shape index (κ1) is 17.9. The van der Waals surface area contributed by atoms with Crippen LogP contribution in [-0.4, -0.2) is 16.8 Å². The fraction of sp³-hybridized carbons (Fsp3) is 0.273. The van der Waals surface area contributed by atoms with Crippen LogP contribution in [0.2, 0.25) is 0 Å². The maximum absolute atomic E-state index is 12.9. The second-order valence-corrected chi connectivity index (χ2v) is 7.11. The Kier molecular flexibility index (Phi) is 4.68. The number of nitrogens with zero attached hydrogens (tertiary/aromatic N) is 1. The van der Waals surface area contributed by atoms with Crippen molar-refractivity contribution in [2.45, 2.75) is 33.7 Å². The summed E-state index contributed by atoms with van der Waals surface area (Å²) in [5.41, 5.74) is 3.75. The van der Waals surface area contributed by atoms with Gasteiger partial charge in [-0.3, -0.25) is 14.5 Å². The summed E-state index contributed by atoms with van der Waals surface area (Å²) in [7, 11) is 0. The molecule has 0 saturated heterocycles. The van der Waals surface area contributed by atoms with Crippen molar-refractivity contribution in [1.82, 2.24) is 0 Å². The summed E-state index contributed by atoms with van der Waals surface area (Å²) in [6.45, 7) is 7.48. The van der Waals surface area contributed by atoms with Gasteiger partial charge in [0.2, 0.25) is 0 Å². The first-order chi connectivity index (χ1) is 12.3. The summed E-state index contributed by atoms with van der Waals surface area (Å²) in [5.74, 6) is -1.51. The highest BCUT2D eigenvalue weighted by atomic mass is 16.3. The van der Waals surface area contributed by atoms with E-state index in [9.17, 15) is 14.7 Å². The van der Waals surface area contributed by atoms with E-state index in [4.69, 9.17) is 0 Å². The van der Waals surface area contributed by atoms with E-state index in [0.717, 1.165) is 16.7 Å². The highest BCUT2D eigenvalue weighted by molar-refractivity contribution is 6.16. The molecule has 0 fully saturated rings. The highest BCUT2D eigenvalue weighted by Gasteiger charge is 2.44. The summed E-state index contributed by atoms with van der Waals surface area (Å²) in [6.07, 6.45) is 0. The Morgan fingerprint density at radius 2 is 1.69 bits per heavy atom. The van der Waals surface area contributed by atoms with E-state index in [0.29, 0.717) is 5.69 Å². The number of hydrogen-bond acceptors (Lipinski definition) is 3. The average molecular weight is 349 g/mol. The Morgan fingerprint density at radius 1 is 1.04 bits per heavy atom. The third-order valence-corrected chi connectivity index (χ3v) is 4.67. The fourth-order valence-electron chi connectivity index (χ4n) is 3.30. The van der Waals surface area contributed by atoms with Crippen molar-refractivity contribution in [3.8, 4) is 0 Å². The molecule has 0 saturated carbocycles. The number of hydrogen-bond donors (Lipinski definition) is 1. The Hall–Kier alpha value is -2.88. The van der Waals surface area contributed by atoms with Gasteiger partial charge in [0.1, 0.15) is 0 Å². The van der Waals surface area contributed by atoms with Crippen LogP contribution in [0.25, 0.3) is 0 Å². The van der Waals surface area contributed by atoms with Gasteiger partial charge in [0, 0.05) is 11.6 Å². The molecule has 0 bridgehead atoms. The molecule has 1 aliphatic rings. The van der Waals surface area contributed by atoms with Gasteiger partial charge in [0.25, 0.3) is 5.91 Å². The SMILES string of the molecule is Cc1ccc(N2C(=O)C(O)=C(C(=O)C(C)C)C2c2cccc(C)c2)cc1. The molecule has 1 atom stereocenters. The van der Waals surface area contributed by atoms with Gasteiger partial charge in [-0.05, 0) is 31.5 Å². The van der Waals surface area contributed by atoms with Gasteiger partial charge in [-0.25, -0.2) is 0 Å². The number of aryl methyl sites for hydroxylation is 2. The van der Waals surface area contributed by atoms with Gasteiger partial charge >= 0.3 is 0 Å². The molecule has 3 rings (SSSR count). The number of carbonyl (C=O) groups excluding carboxylic acids is 2. The van der Waals surface area contributed by atoms with Crippen molar-refractivity contribution < 1.29 is 14.7 Å². The van der Waals surface area contributed by atoms with Crippen LogP contribution < -0.4 is 4.90 Å². The smallest absolute Gasteiger partial charge is 0.294 e. The van der Waals surface area contributed by atoms with Crippen LogP contribution in [0.4, 0.5) is 5.69 Å². The lowest BCUT2D eigenvalue weighted by atomic mass is 9.90. The maximum Gasteiger partial charge on any atom is 0.294 e. The lowest BCUT2D eigenvalue weighted by Gasteiger charge is -2.27. The van der Waals surface area contributed by atoms with Crippen molar-refractivity contribution in [2.24, 2.45) is 5.92 Å². The number of aliphatic hydroxyl groups excluding tert-OH is 1.